The number of hydrogen-bond acceptors (Lipinski definition) is 1. The minimum Gasteiger partial charge on any atom is -0.198 e. The Labute approximate surface area is 116 Å². The highest BCUT2D eigenvalue weighted by Gasteiger charge is 2.35. The fourth-order valence-electron chi connectivity index (χ4n) is 2.37. The highest BCUT2D eigenvalue weighted by atomic mass is 127. The van der Waals surface area contributed by atoms with Gasteiger partial charge in [-0.05, 0) is 46.2 Å². The third-order valence-corrected chi connectivity index (χ3v) is 4.12. The Balaban J connectivity index is 2.52. The van der Waals surface area contributed by atoms with Crippen molar-refractivity contribution in [3.05, 3.63) is 57.7 Å². The Bertz CT molecular complexity index is 510. The fraction of sp³-hybridized carbons (Fsp3) is 0.267. The highest BCUT2D eigenvalue weighted by Crippen LogP contribution is 2.40. The Kier molecular flexibility index (Phi) is 3.68. The summed E-state index contributed by atoms with van der Waals surface area (Å²) < 4.78 is 1.22. The summed E-state index contributed by atoms with van der Waals surface area (Å²) in [6, 6.07) is 10.8. The van der Waals surface area contributed by atoms with E-state index in [0.29, 0.717) is 12.3 Å². The molecule has 1 aliphatic carbocycles. The molecule has 17 heavy (non-hydrogen) atoms. The van der Waals surface area contributed by atoms with Crippen molar-refractivity contribution in [3.63, 3.8) is 0 Å². The van der Waals surface area contributed by atoms with Crippen LogP contribution in [0.1, 0.15) is 18.9 Å². The molecule has 1 aliphatic rings. The highest BCUT2D eigenvalue weighted by molar-refractivity contribution is 14.1. The van der Waals surface area contributed by atoms with E-state index in [4.69, 9.17) is 5.26 Å². The molecule has 0 amide bonds. The summed E-state index contributed by atoms with van der Waals surface area (Å²) in [7, 11) is 0. The van der Waals surface area contributed by atoms with Crippen molar-refractivity contribution in [3.8, 4) is 6.07 Å². The van der Waals surface area contributed by atoms with Gasteiger partial charge in [0.25, 0.3) is 0 Å². The van der Waals surface area contributed by atoms with Gasteiger partial charge in [0, 0.05) is 15.4 Å². The smallest absolute Gasteiger partial charge is 0.0634 e. The van der Waals surface area contributed by atoms with Crippen LogP contribution in [0.3, 0.4) is 0 Å². The number of nitriles is 1. The second kappa shape index (κ2) is 5.05. The average Bonchev–Trinajstić information content (AvgIpc) is 2.32. The van der Waals surface area contributed by atoms with Gasteiger partial charge in [0.2, 0.25) is 0 Å². The van der Waals surface area contributed by atoms with Crippen LogP contribution in [0.2, 0.25) is 0 Å². The zero-order valence-corrected chi connectivity index (χ0v) is 11.9. The summed E-state index contributed by atoms with van der Waals surface area (Å²) in [5.74, 6) is 0.352. The van der Waals surface area contributed by atoms with Crippen molar-refractivity contribution in [2.75, 3.05) is 0 Å². The van der Waals surface area contributed by atoms with Crippen molar-refractivity contribution < 1.29 is 0 Å². The molecule has 1 aromatic rings. The summed E-state index contributed by atoms with van der Waals surface area (Å²) in [5.41, 5.74) is 1.07. The van der Waals surface area contributed by atoms with E-state index in [9.17, 15) is 0 Å². The van der Waals surface area contributed by atoms with Gasteiger partial charge in [-0.3, -0.25) is 0 Å². The predicted molar refractivity (Wildman–Crippen MR) is 78.5 cm³/mol. The Morgan fingerprint density at radius 2 is 2.24 bits per heavy atom. The number of hydrogen-bond donors (Lipinski definition) is 0. The van der Waals surface area contributed by atoms with Gasteiger partial charge in [-0.2, -0.15) is 5.26 Å². The second-order valence-corrected chi connectivity index (χ2v) is 5.66. The molecule has 86 valence electrons. The molecule has 1 aromatic carbocycles. The Hall–Kier alpha value is -1.08. The van der Waals surface area contributed by atoms with Gasteiger partial charge in [0.05, 0.1) is 6.07 Å². The number of benzene rings is 1. The molecule has 1 nitrogen and oxygen atoms in total. The van der Waals surface area contributed by atoms with Crippen LogP contribution in [-0.2, 0) is 5.41 Å². The molecule has 2 rings (SSSR count). The number of nitrogens with zero attached hydrogens (tertiary/aromatic N) is 1. The molecule has 0 saturated carbocycles. The van der Waals surface area contributed by atoms with Crippen LogP contribution in [0.5, 0.6) is 0 Å². The van der Waals surface area contributed by atoms with Crippen molar-refractivity contribution in [2.45, 2.75) is 18.8 Å². The van der Waals surface area contributed by atoms with E-state index in [2.05, 4.69) is 84.2 Å². The monoisotopic (exact) mass is 335 g/mol. The van der Waals surface area contributed by atoms with Crippen LogP contribution in [0.25, 0.3) is 0 Å². The summed E-state index contributed by atoms with van der Waals surface area (Å²) in [6.45, 7) is 2.18. The summed E-state index contributed by atoms with van der Waals surface area (Å²) in [6.07, 6.45) is 8.99. The maximum atomic E-state index is 9.12. The molecule has 0 aromatic heterocycles. The normalized spacial score (nSPS) is 26.8. The van der Waals surface area contributed by atoms with Gasteiger partial charge in [-0.25, -0.2) is 0 Å². The summed E-state index contributed by atoms with van der Waals surface area (Å²) in [5, 5.41) is 9.12. The SMILES string of the molecule is CC1C=CC=CC1(CC#N)c1cccc(I)c1. The first-order chi connectivity index (χ1) is 8.19. The van der Waals surface area contributed by atoms with Crippen LogP contribution in [0.15, 0.2) is 48.6 Å². The quantitative estimate of drug-likeness (QED) is 0.743. The lowest BCUT2D eigenvalue weighted by Crippen LogP contribution is -2.31. The van der Waals surface area contributed by atoms with E-state index < -0.39 is 0 Å². The maximum Gasteiger partial charge on any atom is 0.0634 e. The molecular formula is C15H14IN. The molecule has 2 atom stereocenters. The maximum absolute atomic E-state index is 9.12. The van der Waals surface area contributed by atoms with Crippen LogP contribution >= 0.6 is 22.6 Å². The lowest BCUT2D eigenvalue weighted by atomic mass is 9.67. The van der Waals surface area contributed by atoms with Gasteiger partial charge < -0.3 is 0 Å². The molecule has 2 unspecified atom stereocenters. The fourth-order valence-corrected chi connectivity index (χ4v) is 2.91. The minimum absolute atomic E-state index is 0.162. The molecule has 2 heteroatoms. The molecule has 0 bridgehead atoms. The van der Waals surface area contributed by atoms with Gasteiger partial charge in [-0.15, -0.1) is 0 Å². The first kappa shape index (κ1) is 12.4. The Morgan fingerprint density at radius 1 is 1.41 bits per heavy atom. The van der Waals surface area contributed by atoms with E-state index >= 15 is 0 Å². The van der Waals surface area contributed by atoms with Gasteiger partial charge in [0.1, 0.15) is 0 Å². The first-order valence-electron chi connectivity index (χ1n) is 5.68. The summed E-state index contributed by atoms with van der Waals surface area (Å²) in [4.78, 5) is 0. The topological polar surface area (TPSA) is 23.8 Å². The van der Waals surface area contributed by atoms with Crippen LogP contribution in [-0.4, -0.2) is 0 Å². The van der Waals surface area contributed by atoms with Gasteiger partial charge in [0.15, 0.2) is 0 Å². The minimum atomic E-state index is -0.162. The molecule has 0 aliphatic heterocycles. The second-order valence-electron chi connectivity index (χ2n) is 4.42. The van der Waals surface area contributed by atoms with Crippen LogP contribution in [0.4, 0.5) is 0 Å². The molecule has 0 heterocycles. The molecule has 0 radical (unpaired) electrons. The third kappa shape index (κ3) is 2.30. The van der Waals surface area contributed by atoms with Crippen LogP contribution in [0, 0.1) is 20.8 Å². The Morgan fingerprint density at radius 3 is 2.88 bits per heavy atom. The molecule has 0 N–H and O–H groups in total. The third-order valence-electron chi connectivity index (χ3n) is 3.45. The van der Waals surface area contributed by atoms with E-state index in [0.717, 1.165) is 0 Å². The van der Waals surface area contributed by atoms with E-state index in [1.807, 2.05) is 0 Å². The molecule has 0 saturated heterocycles. The van der Waals surface area contributed by atoms with Crippen molar-refractivity contribution in [2.24, 2.45) is 5.92 Å². The van der Waals surface area contributed by atoms with Crippen molar-refractivity contribution in [1.29, 1.82) is 5.26 Å². The first-order valence-corrected chi connectivity index (χ1v) is 6.76. The number of halogens is 1. The molecular weight excluding hydrogens is 321 g/mol. The molecule has 0 fully saturated rings. The summed E-state index contributed by atoms with van der Waals surface area (Å²) >= 11 is 2.32. The van der Waals surface area contributed by atoms with E-state index in [1.165, 1.54) is 9.13 Å². The van der Waals surface area contributed by atoms with E-state index in [1.54, 1.807) is 0 Å². The van der Waals surface area contributed by atoms with Crippen molar-refractivity contribution >= 4 is 22.6 Å². The number of allylic oxidation sites excluding steroid dienone is 4. The number of rotatable bonds is 2. The van der Waals surface area contributed by atoms with Crippen molar-refractivity contribution in [1.82, 2.24) is 0 Å². The van der Waals surface area contributed by atoms with Gasteiger partial charge in [-0.1, -0.05) is 43.4 Å². The largest absolute Gasteiger partial charge is 0.198 e. The lowest BCUT2D eigenvalue weighted by Gasteiger charge is -2.35. The lowest BCUT2D eigenvalue weighted by molar-refractivity contribution is 0.425. The predicted octanol–water partition coefficient (Wildman–Crippen LogP) is 4.20. The van der Waals surface area contributed by atoms with Gasteiger partial charge >= 0.3 is 0 Å². The van der Waals surface area contributed by atoms with Crippen LogP contribution < -0.4 is 0 Å². The molecule has 0 spiro atoms. The zero-order chi connectivity index (χ0) is 12.3. The average molecular weight is 335 g/mol. The zero-order valence-electron chi connectivity index (χ0n) is 9.73. The van der Waals surface area contributed by atoms with E-state index in [-0.39, 0.29) is 5.41 Å². The standard InChI is InChI=1S/C15H14IN/c1-12-5-2-3-8-15(12,9-10-17)13-6-4-7-14(16)11-13/h2-8,11-12H,9H2,1H3.